The lowest BCUT2D eigenvalue weighted by Crippen LogP contribution is -2.45. The maximum absolute atomic E-state index is 13.8. The number of rotatable bonds is 3. The molecule has 1 atom stereocenters. The number of piperidine rings is 1. The van der Waals surface area contributed by atoms with E-state index in [1.165, 1.54) is 25.4 Å². The van der Waals surface area contributed by atoms with E-state index in [9.17, 15) is 31.2 Å². The van der Waals surface area contributed by atoms with Crippen molar-refractivity contribution in [2.45, 2.75) is 24.9 Å². The molecule has 3 rings (SSSR count). The summed E-state index contributed by atoms with van der Waals surface area (Å²) in [5.74, 6) is -0.613. The minimum atomic E-state index is -4.86. The lowest BCUT2D eigenvalue weighted by Gasteiger charge is -2.33. The molecule has 1 fully saturated rings. The van der Waals surface area contributed by atoms with Gasteiger partial charge in [0.25, 0.3) is 15.8 Å². The largest absolute Gasteiger partial charge is 0.417 e. The van der Waals surface area contributed by atoms with Gasteiger partial charge >= 0.3 is 11.9 Å². The second-order valence-electron chi connectivity index (χ2n) is 7.48. The zero-order chi connectivity index (χ0) is 22.6. The van der Waals surface area contributed by atoms with Crippen molar-refractivity contribution in [3.05, 3.63) is 38.2 Å². The molecular formula is C17H22F3N5O4S. The molecule has 0 aromatic carbocycles. The van der Waals surface area contributed by atoms with Gasteiger partial charge in [-0.05, 0) is 18.9 Å². The second-order valence-corrected chi connectivity index (χ2v) is 9.63. The Morgan fingerprint density at radius 3 is 2.37 bits per heavy atom. The number of aryl methyl sites for hydroxylation is 1. The average Bonchev–Trinajstić information content (AvgIpc) is 2.69. The van der Waals surface area contributed by atoms with Gasteiger partial charge in [-0.3, -0.25) is 13.9 Å². The SMILES string of the molecule is CN(C)S(=O)(=O)N1CCCC(c2cc(C(F)(F)F)c3c(=O)n(C)c(=O)n(C)c3n2)C1. The first kappa shape index (κ1) is 22.4. The van der Waals surface area contributed by atoms with Gasteiger partial charge < -0.3 is 0 Å². The Morgan fingerprint density at radius 2 is 1.80 bits per heavy atom. The summed E-state index contributed by atoms with van der Waals surface area (Å²) in [5.41, 5.74) is -3.45. The van der Waals surface area contributed by atoms with Gasteiger partial charge in [0.2, 0.25) is 0 Å². The molecule has 0 aliphatic carbocycles. The summed E-state index contributed by atoms with van der Waals surface area (Å²) in [6.45, 7) is 0.199. The van der Waals surface area contributed by atoms with Crippen molar-refractivity contribution in [2.24, 2.45) is 14.1 Å². The van der Waals surface area contributed by atoms with E-state index >= 15 is 0 Å². The normalized spacial score (nSPS) is 19.0. The number of hydrogen-bond donors (Lipinski definition) is 0. The molecular weight excluding hydrogens is 427 g/mol. The topological polar surface area (TPSA) is 97.5 Å². The average molecular weight is 449 g/mol. The van der Waals surface area contributed by atoms with Gasteiger partial charge in [-0.15, -0.1) is 0 Å². The highest BCUT2D eigenvalue weighted by Crippen LogP contribution is 2.36. The second kappa shape index (κ2) is 7.46. The fraction of sp³-hybridized carbons (Fsp3) is 0.588. The number of halogens is 3. The van der Waals surface area contributed by atoms with Crippen molar-refractivity contribution in [3.8, 4) is 0 Å². The minimum absolute atomic E-state index is 0.00302. The quantitative estimate of drug-likeness (QED) is 0.685. The van der Waals surface area contributed by atoms with Crippen LogP contribution in [0.5, 0.6) is 0 Å². The molecule has 0 radical (unpaired) electrons. The maximum Gasteiger partial charge on any atom is 0.417 e. The molecule has 3 heterocycles. The Kier molecular flexibility index (Phi) is 5.58. The Balaban J connectivity index is 2.23. The van der Waals surface area contributed by atoms with Crippen LogP contribution in [0.25, 0.3) is 11.0 Å². The van der Waals surface area contributed by atoms with Gasteiger partial charge in [-0.1, -0.05) is 0 Å². The monoisotopic (exact) mass is 449 g/mol. The lowest BCUT2D eigenvalue weighted by molar-refractivity contribution is -0.136. The van der Waals surface area contributed by atoms with Crippen molar-refractivity contribution in [1.82, 2.24) is 22.7 Å². The van der Waals surface area contributed by atoms with E-state index in [1.807, 2.05) is 0 Å². The Morgan fingerprint density at radius 1 is 1.17 bits per heavy atom. The van der Waals surface area contributed by atoms with Crippen LogP contribution in [0.1, 0.15) is 30.0 Å². The van der Waals surface area contributed by atoms with Crippen LogP contribution in [0.4, 0.5) is 13.2 Å². The molecule has 0 amide bonds. The molecule has 0 saturated carbocycles. The third-order valence-corrected chi connectivity index (χ3v) is 7.23. The summed E-state index contributed by atoms with van der Waals surface area (Å²) in [6.07, 6.45) is -3.99. The lowest BCUT2D eigenvalue weighted by atomic mass is 9.94. The van der Waals surface area contributed by atoms with Crippen LogP contribution in [0.15, 0.2) is 15.7 Å². The van der Waals surface area contributed by atoms with E-state index in [1.54, 1.807) is 0 Å². The molecule has 13 heteroatoms. The molecule has 1 saturated heterocycles. The van der Waals surface area contributed by atoms with Crippen molar-refractivity contribution >= 4 is 21.2 Å². The zero-order valence-corrected chi connectivity index (χ0v) is 17.7. The third-order valence-electron chi connectivity index (χ3n) is 5.33. The molecule has 166 valence electrons. The summed E-state index contributed by atoms with van der Waals surface area (Å²) in [5, 5.41) is -0.690. The number of pyridine rings is 1. The van der Waals surface area contributed by atoms with E-state index in [4.69, 9.17) is 0 Å². The maximum atomic E-state index is 13.8. The van der Waals surface area contributed by atoms with E-state index in [0.29, 0.717) is 17.4 Å². The molecule has 0 N–H and O–H groups in total. The summed E-state index contributed by atoms with van der Waals surface area (Å²) in [6, 6.07) is 0.796. The number of hydrogen-bond acceptors (Lipinski definition) is 5. The molecule has 1 aliphatic heterocycles. The predicted molar refractivity (Wildman–Crippen MR) is 103 cm³/mol. The smallest absolute Gasteiger partial charge is 0.280 e. The zero-order valence-electron chi connectivity index (χ0n) is 16.9. The third kappa shape index (κ3) is 3.65. The summed E-state index contributed by atoms with van der Waals surface area (Å²) >= 11 is 0. The summed E-state index contributed by atoms with van der Waals surface area (Å²) < 4.78 is 70.0. The van der Waals surface area contributed by atoms with Crippen molar-refractivity contribution < 1.29 is 21.6 Å². The Labute approximate surface area is 170 Å². The highest BCUT2D eigenvalue weighted by molar-refractivity contribution is 7.86. The number of alkyl halides is 3. The van der Waals surface area contributed by atoms with Crippen LogP contribution in [0, 0.1) is 0 Å². The predicted octanol–water partition coefficient (Wildman–Crippen LogP) is 0.637. The number of aromatic nitrogens is 3. The first-order valence-electron chi connectivity index (χ1n) is 9.12. The van der Waals surface area contributed by atoms with Gasteiger partial charge in [-0.2, -0.15) is 30.2 Å². The van der Waals surface area contributed by atoms with E-state index in [2.05, 4.69) is 4.98 Å². The van der Waals surface area contributed by atoms with E-state index in [0.717, 1.165) is 22.0 Å². The summed E-state index contributed by atoms with van der Waals surface area (Å²) in [7, 11) is 1.35. The van der Waals surface area contributed by atoms with Crippen molar-refractivity contribution in [2.75, 3.05) is 27.2 Å². The Bertz CT molecular complexity index is 1220. The van der Waals surface area contributed by atoms with Gasteiger partial charge in [-0.25, -0.2) is 9.78 Å². The number of fused-ring (bicyclic) bond motifs is 1. The summed E-state index contributed by atoms with van der Waals surface area (Å²) in [4.78, 5) is 28.9. The highest BCUT2D eigenvalue weighted by Gasteiger charge is 2.38. The van der Waals surface area contributed by atoms with E-state index in [-0.39, 0.29) is 24.4 Å². The Hall–Kier alpha value is -2.25. The van der Waals surface area contributed by atoms with Crippen LogP contribution in [0.3, 0.4) is 0 Å². The van der Waals surface area contributed by atoms with Crippen molar-refractivity contribution in [1.29, 1.82) is 0 Å². The molecule has 9 nitrogen and oxygen atoms in total. The van der Waals surface area contributed by atoms with Gasteiger partial charge in [0.05, 0.1) is 10.9 Å². The highest BCUT2D eigenvalue weighted by atomic mass is 32.2. The fourth-order valence-electron chi connectivity index (χ4n) is 3.63. The molecule has 0 bridgehead atoms. The first-order chi connectivity index (χ1) is 13.8. The van der Waals surface area contributed by atoms with Crippen LogP contribution in [0.2, 0.25) is 0 Å². The molecule has 1 aliphatic rings. The molecule has 0 spiro atoms. The first-order valence-corrected chi connectivity index (χ1v) is 10.5. The van der Waals surface area contributed by atoms with Crippen LogP contribution < -0.4 is 11.2 Å². The van der Waals surface area contributed by atoms with E-state index < -0.39 is 44.5 Å². The van der Waals surface area contributed by atoms with Crippen LogP contribution in [-0.2, 0) is 30.5 Å². The van der Waals surface area contributed by atoms with Gasteiger partial charge in [0, 0.05) is 52.9 Å². The molecule has 2 aromatic rings. The van der Waals surface area contributed by atoms with Crippen LogP contribution in [-0.4, -0.2) is 58.3 Å². The fourth-order valence-corrected chi connectivity index (χ4v) is 4.82. The molecule has 30 heavy (non-hydrogen) atoms. The molecule has 2 aromatic heterocycles. The van der Waals surface area contributed by atoms with Crippen LogP contribution >= 0.6 is 0 Å². The van der Waals surface area contributed by atoms with Gasteiger partial charge in [0.1, 0.15) is 5.65 Å². The minimum Gasteiger partial charge on any atom is -0.280 e. The molecule has 1 unspecified atom stereocenters. The van der Waals surface area contributed by atoms with Crippen molar-refractivity contribution in [3.63, 3.8) is 0 Å². The standard InChI is InChI=1S/C17H22F3N5O4S/c1-22(2)30(28,29)25-7-5-6-10(9-25)12-8-11(17(18,19)20)13-14(21-12)23(3)16(27)24(4)15(13)26/h8,10H,5-7,9H2,1-4H3. The number of nitrogens with zero attached hydrogens (tertiary/aromatic N) is 5. The van der Waals surface area contributed by atoms with Gasteiger partial charge in [0.15, 0.2) is 0 Å².